The van der Waals surface area contributed by atoms with Crippen LogP contribution in [0.2, 0.25) is 0 Å². The fraction of sp³-hybridized carbons (Fsp3) is 0.217. The quantitative estimate of drug-likeness (QED) is 0.436. The number of sulfonamides is 1. The minimum Gasteiger partial charge on any atom is -0.497 e. The van der Waals surface area contributed by atoms with Crippen LogP contribution in [0.25, 0.3) is 20.9 Å². The first-order valence-corrected chi connectivity index (χ1v) is 12.7. The molecule has 4 aromatic rings. The van der Waals surface area contributed by atoms with Crippen LogP contribution in [0.3, 0.4) is 0 Å². The molecule has 33 heavy (non-hydrogen) atoms. The second-order valence-electron chi connectivity index (χ2n) is 7.93. The minimum atomic E-state index is -3.87. The van der Waals surface area contributed by atoms with Crippen LogP contribution in [0.4, 0.5) is 5.82 Å². The number of pyridine rings is 1. The van der Waals surface area contributed by atoms with Crippen molar-refractivity contribution in [1.82, 2.24) is 14.6 Å². The predicted octanol–water partition coefficient (Wildman–Crippen LogP) is 3.12. The number of fused-ring (bicyclic) bond motifs is 2. The number of methoxy groups -OCH3 is 1. The molecule has 0 aliphatic carbocycles. The number of thiophene rings is 1. The third-order valence-electron chi connectivity index (χ3n) is 5.88. The molecule has 1 aliphatic rings. The number of hydrogen-bond acceptors (Lipinski definition) is 7. The van der Waals surface area contributed by atoms with Crippen LogP contribution >= 0.6 is 11.3 Å². The van der Waals surface area contributed by atoms with Crippen LogP contribution in [0.5, 0.6) is 5.75 Å². The van der Waals surface area contributed by atoms with Gasteiger partial charge in [0.05, 0.1) is 16.7 Å². The molecule has 8 nitrogen and oxygen atoms in total. The number of anilines is 1. The second-order valence-corrected chi connectivity index (χ2v) is 10.5. The van der Waals surface area contributed by atoms with Crippen molar-refractivity contribution in [3.63, 3.8) is 0 Å². The lowest BCUT2D eigenvalue weighted by Gasteiger charge is -2.17. The van der Waals surface area contributed by atoms with Crippen molar-refractivity contribution in [3.8, 4) is 5.75 Å². The van der Waals surface area contributed by atoms with Crippen LogP contribution in [-0.2, 0) is 21.4 Å². The molecule has 0 spiro atoms. The third-order valence-corrected chi connectivity index (χ3v) is 8.42. The molecule has 2 aromatic carbocycles. The topological polar surface area (TPSA) is 115 Å². The number of carbonyl (C=O) groups is 1. The number of nitrogens with zero attached hydrogens (tertiary/aromatic N) is 2. The van der Waals surface area contributed by atoms with Crippen molar-refractivity contribution in [3.05, 3.63) is 59.6 Å². The SMILES string of the molecule is COc1ccc2ccc(S(=O)(=O)NC3CCN(Cc4csc5c(N)nccc45)C3=O)cc2c1. The highest BCUT2D eigenvalue weighted by molar-refractivity contribution is 7.89. The van der Waals surface area contributed by atoms with Gasteiger partial charge in [-0.15, -0.1) is 11.3 Å². The number of nitrogens with one attached hydrogen (secondary N) is 1. The lowest BCUT2D eigenvalue weighted by atomic mass is 10.1. The number of hydrogen-bond donors (Lipinski definition) is 2. The van der Waals surface area contributed by atoms with Gasteiger partial charge in [-0.1, -0.05) is 12.1 Å². The number of benzene rings is 2. The van der Waals surface area contributed by atoms with E-state index in [1.807, 2.05) is 23.6 Å². The summed E-state index contributed by atoms with van der Waals surface area (Å²) in [6.07, 6.45) is 2.06. The Labute approximate surface area is 195 Å². The van der Waals surface area contributed by atoms with Gasteiger partial charge in [0.25, 0.3) is 0 Å². The Morgan fingerprint density at radius 1 is 1.21 bits per heavy atom. The largest absolute Gasteiger partial charge is 0.497 e. The Kier molecular flexibility index (Phi) is 5.43. The molecular weight excluding hydrogens is 460 g/mol. The molecular formula is C23H22N4O4S2. The van der Waals surface area contributed by atoms with E-state index in [1.165, 1.54) is 11.3 Å². The standard InChI is InChI=1S/C23H22N4O4S2/c1-31-17-4-2-14-3-5-18(11-15(14)10-17)33(29,30)26-20-7-9-27(23(20)28)12-16-13-32-21-19(16)6-8-25-22(21)24/h2-6,8,10-11,13,20,26H,7,9,12H2,1H3,(H2,24,25). The molecule has 1 atom stereocenters. The predicted molar refractivity (Wildman–Crippen MR) is 129 cm³/mol. The normalized spacial score (nSPS) is 16.7. The lowest BCUT2D eigenvalue weighted by Crippen LogP contribution is -2.41. The van der Waals surface area contributed by atoms with Gasteiger partial charge in [-0.2, -0.15) is 4.72 Å². The summed E-state index contributed by atoms with van der Waals surface area (Å²) in [7, 11) is -2.31. The zero-order chi connectivity index (χ0) is 23.2. The van der Waals surface area contributed by atoms with Gasteiger partial charge < -0.3 is 15.4 Å². The van der Waals surface area contributed by atoms with Gasteiger partial charge in [-0.25, -0.2) is 13.4 Å². The van der Waals surface area contributed by atoms with Crippen molar-refractivity contribution in [2.45, 2.75) is 23.9 Å². The zero-order valence-electron chi connectivity index (χ0n) is 17.8. The van der Waals surface area contributed by atoms with E-state index >= 15 is 0 Å². The summed E-state index contributed by atoms with van der Waals surface area (Å²) >= 11 is 1.49. The maximum atomic E-state index is 13.0. The lowest BCUT2D eigenvalue weighted by molar-refractivity contribution is -0.129. The van der Waals surface area contributed by atoms with Crippen LogP contribution in [-0.4, -0.2) is 43.9 Å². The summed E-state index contributed by atoms with van der Waals surface area (Å²) < 4.78 is 34.8. The van der Waals surface area contributed by atoms with Crippen molar-refractivity contribution in [2.24, 2.45) is 0 Å². The number of aromatic nitrogens is 1. The van der Waals surface area contributed by atoms with E-state index < -0.39 is 16.1 Å². The zero-order valence-corrected chi connectivity index (χ0v) is 19.4. The average molecular weight is 483 g/mol. The number of carbonyl (C=O) groups excluding carboxylic acids is 1. The summed E-state index contributed by atoms with van der Waals surface area (Å²) in [5.41, 5.74) is 6.91. The fourth-order valence-electron chi connectivity index (χ4n) is 4.12. The summed E-state index contributed by atoms with van der Waals surface area (Å²) in [5, 5.41) is 4.58. The molecule has 3 heterocycles. The van der Waals surface area contributed by atoms with Crippen molar-refractivity contribution in [1.29, 1.82) is 0 Å². The van der Waals surface area contributed by atoms with Crippen molar-refractivity contribution >= 4 is 53.9 Å². The number of nitrogens with two attached hydrogens (primary N) is 1. The molecule has 1 fully saturated rings. The monoisotopic (exact) mass is 482 g/mol. The van der Waals surface area contributed by atoms with Gasteiger partial charge in [0.15, 0.2) is 0 Å². The molecule has 1 aliphatic heterocycles. The summed E-state index contributed by atoms with van der Waals surface area (Å²) in [4.78, 5) is 18.9. The number of amides is 1. The fourth-order valence-corrected chi connectivity index (χ4v) is 6.34. The molecule has 1 amide bonds. The van der Waals surface area contributed by atoms with Crippen LogP contribution < -0.4 is 15.2 Å². The Balaban J connectivity index is 1.33. The molecule has 1 unspecified atom stereocenters. The summed E-state index contributed by atoms with van der Waals surface area (Å²) in [6.45, 7) is 0.870. The van der Waals surface area contributed by atoms with E-state index in [-0.39, 0.29) is 10.8 Å². The molecule has 0 bridgehead atoms. The molecule has 0 saturated carbocycles. The van der Waals surface area contributed by atoms with Gasteiger partial charge in [-0.05, 0) is 58.5 Å². The molecule has 1 saturated heterocycles. The van der Waals surface area contributed by atoms with Crippen LogP contribution in [0, 0.1) is 0 Å². The smallest absolute Gasteiger partial charge is 0.241 e. The Hall–Kier alpha value is -3.21. The minimum absolute atomic E-state index is 0.112. The van der Waals surface area contributed by atoms with E-state index in [0.717, 1.165) is 26.4 Å². The van der Waals surface area contributed by atoms with Crippen molar-refractivity contribution < 1.29 is 17.9 Å². The molecule has 170 valence electrons. The first-order valence-electron chi connectivity index (χ1n) is 10.4. The van der Waals surface area contributed by atoms with E-state index in [0.29, 0.717) is 31.1 Å². The van der Waals surface area contributed by atoms with Crippen LogP contribution in [0.15, 0.2) is 58.9 Å². The third kappa shape index (κ3) is 4.01. The maximum absolute atomic E-state index is 13.0. The number of nitrogen functional groups attached to an aromatic ring is 1. The Morgan fingerprint density at radius 2 is 2.03 bits per heavy atom. The van der Waals surface area contributed by atoms with Crippen LogP contribution in [0.1, 0.15) is 12.0 Å². The van der Waals surface area contributed by atoms with E-state index in [9.17, 15) is 13.2 Å². The van der Waals surface area contributed by atoms with Gasteiger partial charge >= 0.3 is 0 Å². The van der Waals surface area contributed by atoms with Crippen molar-refractivity contribution in [2.75, 3.05) is 19.4 Å². The highest BCUT2D eigenvalue weighted by atomic mass is 32.2. The van der Waals surface area contributed by atoms with E-state index in [1.54, 1.807) is 42.5 Å². The summed E-state index contributed by atoms with van der Waals surface area (Å²) in [6, 6.07) is 11.4. The average Bonchev–Trinajstić information content (AvgIpc) is 3.38. The van der Waals surface area contributed by atoms with Gasteiger partial charge in [0, 0.05) is 24.7 Å². The highest BCUT2D eigenvalue weighted by Crippen LogP contribution is 2.31. The maximum Gasteiger partial charge on any atom is 0.241 e. The van der Waals surface area contributed by atoms with Gasteiger partial charge in [0.1, 0.15) is 17.6 Å². The molecule has 3 N–H and O–H groups in total. The summed E-state index contributed by atoms with van der Waals surface area (Å²) in [5.74, 6) is 0.877. The Bertz CT molecular complexity index is 1480. The molecule has 2 aromatic heterocycles. The van der Waals surface area contributed by atoms with E-state index in [4.69, 9.17) is 10.5 Å². The van der Waals surface area contributed by atoms with Gasteiger partial charge in [0.2, 0.25) is 15.9 Å². The van der Waals surface area contributed by atoms with Gasteiger partial charge in [-0.3, -0.25) is 4.79 Å². The first kappa shape index (κ1) is 21.6. The van der Waals surface area contributed by atoms with E-state index in [2.05, 4.69) is 9.71 Å². The Morgan fingerprint density at radius 3 is 2.85 bits per heavy atom. The molecule has 10 heteroatoms. The number of rotatable bonds is 6. The molecule has 5 rings (SSSR count). The number of likely N-dealkylation sites (tertiary alicyclic amines) is 1. The first-order chi connectivity index (χ1) is 15.9. The molecule has 0 radical (unpaired) electrons. The second kappa shape index (κ2) is 8.29. The number of ether oxygens (including phenoxy) is 1. The highest BCUT2D eigenvalue weighted by Gasteiger charge is 2.35.